The molecule has 0 unspecified atom stereocenters. The summed E-state index contributed by atoms with van der Waals surface area (Å²) in [5.74, 6) is 1.27. The summed E-state index contributed by atoms with van der Waals surface area (Å²) >= 11 is 3.55. The van der Waals surface area contributed by atoms with Crippen LogP contribution in [0.15, 0.2) is 95.0 Å². The lowest BCUT2D eigenvalue weighted by molar-refractivity contribution is -0.116. The largest absolute Gasteiger partial charge is 0.494 e. The number of rotatable bonds is 6. The Morgan fingerprint density at radius 3 is 2.43 bits per heavy atom. The van der Waals surface area contributed by atoms with Crippen LogP contribution in [0.25, 0.3) is 16.3 Å². The number of carbonyl (C=O) groups excluding carboxylic acids is 1. The molecule has 0 radical (unpaired) electrons. The summed E-state index contributed by atoms with van der Waals surface area (Å²) < 4.78 is 6.91. The number of nitrogens with one attached hydrogen (secondary N) is 1. The van der Waals surface area contributed by atoms with Gasteiger partial charge >= 0.3 is 0 Å². The van der Waals surface area contributed by atoms with E-state index in [0.717, 1.165) is 52.9 Å². The molecule has 6 rings (SSSR count). The Kier molecular flexibility index (Phi) is 6.60. The molecule has 0 amide bonds. The molecule has 0 saturated heterocycles. The first kappa shape index (κ1) is 24.0. The molecule has 186 valence electrons. The van der Waals surface area contributed by atoms with Crippen LogP contribution in [-0.4, -0.2) is 12.4 Å². The molecule has 4 heteroatoms. The minimum absolute atomic E-state index is 0.145. The monoisotopic (exact) mass is 551 g/mol. The molecular formula is C33H30BrNO2. The van der Waals surface area contributed by atoms with Crippen LogP contribution < -0.4 is 10.1 Å². The summed E-state index contributed by atoms with van der Waals surface area (Å²) in [6.45, 7) is 2.90. The predicted molar refractivity (Wildman–Crippen MR) is 155 cm³/mol. The lowest BCUT2D eigenvalue weighted by Gasteiger charge is -2.37. The Morgan fingerprint density at radius 2 is 1.65 bits per heavy atom. The van der Waals surface area contributed by atoms with Crippen molar-refractivity contribution in [2.45, 2.75) is 44.6 Å². The van der Waals surface area contributed by atoms with Gasteiger partial charge in [0.25, 0.3) is 0 Å². The number of fused-ring (bicyclic) bond motifs is 4. The molecule has 2 aliphatic rings. The summed E-state index contributed by atoms with van der Waals surface area (Å²) in [6, 6.07) is 29.4. The normalized spacial score (nSPS) is 18.8. The van der Waals surface area contributed by atoms with Crippen molar-refractivity contribution in [3.63, 3.8) is 0 Å². The fourth-order valence-electron chi connectivity index (χ4n) is 5.76. The standard InChI is InChI=1S/C33H30BrNO2/c1-2-3-18-37-26-15-10-21(11-16-26)24-19-28-31-27-7-5-4-6-22(27)12-17-29(31)35-33(32(28)30(36)20-24)23-8-13-25(34)14-9-23/h4-17,24,33,35H,2-3,18-20H2,1H3/t24-,33+/m0/s1. The quantitative estimate of drug-likeness (QED) is 0.243. The molecule has 37 heavy (non-hydrogen) atoms. The Labute approximate surface area is 226 Å². The average molecular weight is 553 g/mol. The van der Waals surface area contributed by atoms with Gasteiger partial charge in [-0.2, -0.15) is 0 Å². The van der Waals surface area contributed by atoms with Crippen molar-refractivity contribution >= 4 is 43.7 Å². The van der Waals surface area contributed by atoms with E-state index in [1.165, 1.54) is 27.5 Å². The van der Waals surface area contributed by atoms with Gasteiger partial charge in [0.1, 0.15) is 5.75 Å². The molecule has 4 aromatic carbocycles. The van der Waals surface area contributed by atoms with Crippen LogP contribution in [0.5, 0.6) is 5.75 Å². The number of unbranched alkanes of at least 4 members (excludes halogenated alkanes) is 1. The zero-order chi connectivity index (χ0) is 25.4. The van der Waals surface area contributed by atoms with Gasteiger partial charge in [0.15, 0.2) is 5.78 Å². The highest BCUT2D eigenvalue weighted by Crippen LogP contribution is 2.51. The zero-order valence-corrected chi connectivity index (χ0v) is 22.6. The number of carbonyl (C=O) groups is 1. The van der Waals surface area contributed by atoms with Crippen LogP contribution in [0.4, 0.5) is 5.69 Å². The second-order valence-electron chi connectivity index (χ2n) is 10.0. The first-order valence-corrected chi connectivity index (χ1v) is 13.9. The first-order chi connectivity index (χ1) is 18.1. The highest BCUT2D eigenvalue weighted by atomic mass is 79.9. The third kappa shape index (κ3) is 4.59. The minimum atomic E-state index is -0.153. The molecule has 0 aromatic heterocycles. The van der Waals surface area contributed by atoms with Gasteiger partial charge in [-0.3, -0.25) is 4.79 Å². The number of halogens is 1. The molecule has 1 heterocycles. The SMILES string of the molecule is CCCCOc1ccc([C@@H]2CC(=O)C3=C(C2)c2c(ccc4ccccc24)N[C@@H]3c2ccc(Br)cc2)cc1. The molecule has 0 bridgehead atoms. The number of benzene rings is 4. The van der Waals surface area contributed by atoms with Gasteiger partial charge in [-0.05, 0) is 76.6 Å². The van der Waals surface area contributed by atoms with Crippen LogP contribution in [0.3, 0.4) is 0 Å². The molecule has 1 aliphatic carbocycles. The average Bonchev–Trinajstić information content (AvgIpc) is 2.93. The number of hydrogen-bond donors (Lipinski definition) is 1. The predicted octanol–water partition coefficient (Wildman–Crippen LogP) is 8.85. The lowest BCUT2D eigenvalue weighted by atomic mass is 9.71. The van der Waals surface area contributed by atoms with Crippen LogP contribution in [0, 0.1) is 0 Å². The summed E-state index contributed by atoms with van der Waals surface area (Å²) in [4.78, 5) is 13.9. The van der Waals surface area contributed by atoms with Crippen molar-refractivity contribution < 1.29 is 9.53 Å². The summed E-state index contributed by atoms with van der Waals surface area (Å²) in [5, 5.41) is 6.12. The van der Waals surface area contributed by atoms with Crippen LogP contribution >= 0.6 is 15.9 Å². The molecular weight excluding hydrogens is 522 g/mol. The van der Waals surface area contributed by atoms with Gasteiger partial charge < -0.3 is 10.1 Å². The Morgan fingerprint density at radius 1 is 0.892 bits per heavy atom. The maximum Gasteiger partial charge on any atom is 0.162 e. The molecule has 1 N–H and O–H groups in total. The van der Waals surface area contributed by atoms with Crippen LogP contribution in [0.1, 0.15) is 61.3 Å². The number of Topliss-reactive ketones (excluding diaryl/α,β-unsaturated/α-hetero) is 1. The van der Waals surface area contributed by atoms with Crippen molar-refractivity contribution in [2.75, 3.05) is 11.9 Å². The number of ketones is 1. The van der Waals surface area contributed by atoms with E-state index in [1.807, 2.05) is 12.1 Å². The van der Waals surface area contributed by atoms with E-state index in [4.69, 9.17) is 4.74 Å². The van der Waals surface area contributed by atoms with Gasteiger partial charge in [0, 0.05) is 27.7 Å². The topological polar surface area (TPSA) is 38.3 Å². The lowest BCUT2D eigenvalue weighted by Crippen LogP contribution is -2.29. The third-order valence-corrected chi connectivity index (χ3v) is 8.18. The van der Waals surface area contributed by atoms with E-state index < -0.39 is 0 Å². The molecule has 0 spiro atoms. The first-order valence-electron chi connectivity index (χ1n) is 13.2. The fraction of sp³-hybridized carbons (Fsp3) is 0.242. The fourth-order valence-corrected chi connectivity index (χ4v) is 6.02. The second kappa shape index (κ2) is 10.2. The van der Waals surface area contributed by atoms with Crippen LogP contribution in [-0.2, 0) is 4.79 Å². The number of allylic oxidation sites excluding steroid dienone is 1. The molecule has 4 aromatic rings. The van der Waals surface area contributed by atoms with Gasteiger partial charge in [-0.1, -0.05) is 83.9 Å². The van der Waals surface area contributed by atoms with Crippen molar-refractivity contribution in [3.8, 4) is 5.75 Å². The van der Waals surface area contributed by atoms with E-state index >= 15 is 0 Å². The van der Waals surface area contributed by atoms with Crippen molar-refractivity contribution in [2.24, 2.45) is 0 Å². The van der Waals surface area contributed by atoms with Gasteiger partial charge in [0.2, 0.25) is 0 Å². The Balaban J connectivity index is 1.43. The molecule has 1 aliphatic heterocycles. The smallest absolute Gasteiger partial charge is 0.162 e. The number of ether oxygens (including phenoxy) is 1. The van der Waals surface area contributed by atoms with Crippen molar-refractivity contribution in [1.82, 2.24) is 0 Å². The Bertz CT molecular complexity index is 1490. The highest BCUT2D eigenvalue weighted by molar-refractivity contribution is 9.10. The zero-order valence-electron chi connectivity index (χ0n) is 21.0. The molecule has 0 fully saturated rings. The highest BCUT2D eigenvalue weighted by Gasteiger charge is 2.38. The maximum atomic E-state index is 13.9. The Hall–Kier alpha value is -3.37. The van der Waals surface area contributed by atoms with E-state index in [1.54, 1.807) is 0 Å². The summed E-state index contributed by atoms with van der Waals surface area (Å²) in [6.07, 6.45) is 3.53. The van der Waals surface area contributed by atoms with Gasteiger partial charge in [-0.15, -0.1) is 0 Å². The molecule has 2 atom stereocenters. The van der Waals surface area contributed by atoms with Gasteiger partial charge in [0.05, 0.1) is 12.6 Å². The van der Waals surface area contributed by atoms with E-state index in [-0.39, 0.29) is 17.7 Å². The minimum Gasteiger partial charge on any atom is -0.494 e. The van der Waals surface area contributed by atoms with E-state index in [2.05, 4.69) is 101 Å². The molecule has 0 saturated carbocycles. The third-order valence-electron chi connectivity index (χ3n) is 7.65. The summed E-state index contributed by atoms with van der Waals surface area (Å²) in [7, 11) is 0. The molecule has 3 nitrogen and oxygen atoms in total. The van der Waals surface area contributed by atoms with E-state index in [9.17, 15) is 4.79 Å². The summed E-state index contributed by atoms with van der Waals surface area (Å²) in [5.41, 5.74) is 6.68. The van der Waals surface area contributed by atoms with E-state index in [0.29, 0.717) is 6.42 Å². The van der Waals surface area contributed by atoms with Gasteiger partial charge in [-0.25, -0.2) is 0 Å². The maximum absolute atomic E-state index is 13.9. The number of hydrogen-bond acceptors (Lipinski definition) is 3. The number of anilines is 1. The van der Waals surface area contributed by atoms with Crippen molar-refractivity contribution in [1.29, 1.82) is 0 Å². The van der Waals surface area contributed by atoms with Crippen LogP contribution in [0.2, 0.25) is 0 Å². The van der Waals surface area contributed by atoms with Crippen molar-refractivity contribution in [3.05, 3.63) is 112 Å². The second-order valence-corrected chi connectivity index (χ2v) is 10.9.